The number of rotatable bonds is 10. The predicted molar refractivity (Wildman–Crippen MR) is 182 cm³/mol. The fraction of sp³-hybridized carbons (Fsp3) is 0.457. The van der Waals surface area contributed by atoms with E-state index in [1.165, 1.54) is 24.5 Å². The number of anilines is 5. The number of hydrogen-bond donors (Lipinski definition) is 2. The van der Waals surface area contributed by atoms with E-state index in [2.05, 4.69) is 41.9 Å². The van der Waals surface area contributed by atoms with Crippen molar-refractivity contribution in [3.8, 4) is 5.75 Å². The maximum Gasteiger partial charge on any atom is 0.247 e. The van der Waals surface area contributed by atoms with Crippen LogP contribution >= 0.6 is 0 Å². The number of methoxy groups -OCH3 is 1. The van der Waals surface area contributed by atoms with Gasteiger partial charge in [-0.25, -0.2) is 19.4 Å². The number of aromatic nitrogens is 2. The monoisotopic (exact) mass is 658 g/mol. The molecule has 1 unspecified atom stereocenters. The summed E-state index contributed by atoms with van der Waals surface area (Å²) >= 11 is 0. The largest absolute Gasteiger partial charge is 0.494 e. The number of piperazine rings is 1. The Morgan fingerprint density at radius 2 is 1.69 bits per heavy atom. The second kappa shape index (κ2) is 14.4. The van der Waals surface area contributed by atoms with Crippen LogP contribution in [0.4, 0.5) is 33.1 Å². The summed E-state index contributed by atoms with van der Waals surface area (Å²) in [7, 11) is 1.63. The molecule has 12 nitrogen and oxygen atoms in total. The van der Waals surface area contributed by atoms with E-state index in [1.807, 2.05) is 12.1 Å². The van der Waals surface area contributed by atoms with Crippen LogP contribution in [-0.2, 0) is 14.4 Å². The molecule has 13 heteroatoms. The average Bonchev–Trinajstić information content (AvgIpc) is 3.59. The van der Waals surface area contributed by atoms with Gasteiger partial charge in [-0.2, -0.15) is 0 Å². The van der Waals surface area contributed by atoms with Crippen LogP contribution in [0.1, 0.15) is 30.9 Å². The third kappa shape index (κ3) is 6.95. The molecule has 0 bridgehead atoms. The van der Waals surface area contributed by atoms with Gasteiger partial charge in [0.05, 0.1) is 56.1 Å². The molecule has 1 amide bonds. The van der Waals surface area contributed by atoms with Crippen molar-refractivity contribution in [1.29, 1.82) is 0 Å². The minimum Gasteiger partial charge on any atom is -0.494 e. The Labute approximate surface area is 280 Å². The van der Waals surface area contributed by atoms with Gasteiger partial charge in [-0.1, -0.05) is 18.7 Å². The first-order valence-corrected chi connectivity index (χ1v) is 16.7. The summed E-state index contributed by atoms with van der Waals surface area (Å²) < 4.78 is 24.8. The van der Waals surface area contributed by atoms with Crippen LogP contribution in [0.2, 0.25) is 0 Å². The van der Waals surface area contributed by atoms with Crippen LogP contribution in [0.15, 0.2) is 61.4 Å². The van der Waals surface area contributed by atoms with E-state index in [0.717, 1.165) is 83.0 Å². The molecule has 254 valence electrons. The second-order valence-electron chi connectivity index (χ2n) is 12.6. The summed E-state index contributed by atoms with van der Waals surface area (Å²) in [5.41, 5.74) is 3.13. The van der Waals surface area contributed by atoms with Crippen LogP contribution in [0.5, 0.6) is 5.75 Å². The van der Waals surface area contributed by atoms with Gasteiger partial charge in [0, 0.05) is 63.9 Å². The molecule has 1 aromatic heterocycles. The molecule has 0 saturated carbocycles. The lowest BCUT2D eigenvalue weighted by Crippen LogP contribution is -2.59. The summed E-state index contributed by atoms with van der Waals surface area (Å²) in [5.74, 6) is 1.12. The standard InChI is InChI=1S/C35H43FN8O4/c1-3-35(45)40-28-18-29(39-33-20-34(38-23-37-33)44-30(10-17-48-44)24-4-6-25(36)7-5-24)32(46-2)19-31(28)43-11-8-26(9-12-43)41-13-15-42(16-14-41)27-21-47-22-27/h3-7,18-20,23,26-27,30H,1,8-17,21-22H2,2H3,(H,40,45)(H,37,38,39). The van der Waals surface area contributed by atoms with E-state index in [4.69, 9.17) is 14.3 Å². The average molecular weight is 659 g/mol. The smallest absolute Gasteiger partial charge is 0.247 e. The third-order valence-corrected chi connectivity index (χ3v) is 9.87. The van der Waals surface area contributed by atoms with Crippen molar-refractivity contribution >= 4 is 34.6 Å². The SMILES string of the molecule is C=CC(=O)Nc1cc(Nc2cc(N3OCCC3c3ccc(F)cc3)ncn2)c(OC)cc1N1CCC(N2CCN(C3COC3)CC2)CC1. The van der Waals surface area contributed by atoms with Crippen molar-refractivity contribution in [2.24, 2.45) is 0 Å². The summed E-state index contributed by atoms with van der Waals surface area (Å²) in [6.45, 7) is 12.0. The molecule has 4 aliphatic heterocycles. The number of nitrogens with one attached hydrogen (secondary N) is 2. The number of carbonyl (C=O) groups is 1. The molecule has 0 radical (unpaired) electrons. The summed E-state index contributed by atoms with van der Waals surface area (Å²) in [5, 5.41) is 8.11. The second-order valence-corrected chi connectivity index (χ2v) is 12.6. The lowest BCUT2D eigenvalue weighted by molar-refractivity contribution is -0.111. The fourth-order valence-corrected chi connectivity index (χ4v) is 7.11. The van der Waals surface area contributed by atoms with Gasteiger partial charge >= 0.3 is 0 Å². The lowest BCUT2D eigenvalue weighted by Gasteiger charge is -2.46. The van der Waals surface area contributed by atoms with Crippen molar-refractivity contribution < 1.29 is 23.5 Å². The first kappa shape index (κ1) is 32.3. The Bertz CT molecular complexity index is 1590. The number of hydrogen-bond acceptors (Lipinski definition) is 11. The maximum atomic E-state index is 13.6. The minimum atomic E-state index is -0.292. The van der Waals surface area contributed by atoms with Crippen molar-refractivity contribution in [2.45, 2.75) is 37.4 Å². The molecular weight excluding hydrogens is 615 g/mol. The predicted octanol–water partition coefficient (Wildman–Crippen LogP) is 4.36. The lowest BCUT2D eigenvalue weighted by atomic mass is 10.0. The van der Waals surface area contributed by atoms with Gasteiger partial charge in [0.15, 0.2) is 5.82 Å². The van der Waals surface area contributed by atoms with Crippen LogP contribution in [-0.4, -0.2) is 104 Å². The normalized spacial score (nSPS) is 21.2. The van der Waals surface area contributed by atoms with Crippen LogP contribution < -0.4 is 25.3 Å². The summed E-state index contributed by atoms with van der Waals surface area (Å²) in [6, 6.07) is 13.1. The Kier molecular flexibility index (Phi) is 9.71. The topological polar surface area (TPSA) is 108 Å². The van der Waals surface area contributed by atoms with Crippen LogP contribution in [0.25, 0.3) is 0 Å². The Balaban J connectivity index is 1.07. The molecule has 48 heavy (non-hydrogen) atoms. The quantitative estimate of drug-likeness (QED) is 0.304. The molecule has 0 aliphatic carbocycles. The Morgan fingerprint density at radius 3 is 2.35 bits per heavy atom. The van der Waals surface area contributed by atoms with E-state index in [0.29, 0.717) is 47.5 Å². The van der Waals surface area contributed by atoms with E-state index in [-0.39, 0.29) is 17.8 Å². The highest BCUT2D eigenvalue weighted by atomic mass is 19.1. The zero-order chi connectivity index (χ0) is 33.0. The molecule has 4 aliphatic rings. The van der Waals surface area contributed by atoms with Gasteiger partial charge in [0.1, 0.15) is 23.7 Å². The molecule has 5 heterocycles. The van der Waals surface area contributed by atoms with Crippen molar-refractivity contribution in [3.05, 3.63) is 72.8 Å². The van der Waals surface area contributed by atoms with Crippen molar-refractivity contribution in [3.63, 3.8) is 0 Å². The summed E-state index contributed by atoms with van der Waals surface area (Å²) in [6.07, 6.45) is 5.57. The van der Waals surface area contributed by atoms with Crippen LogP contribution in [0.3, 0.4) is 0 Å². The Hall–Kier alpha value is -4.30. The minimum absolute atomic E-state index is 0.112. The third-order valence-electron chi connectivity index (χ3n) is 9.87. The van der Waals surface area contributed by atoms with E-state index < -0.39 is 0 Å². The molecule has 0 spiro atoms. The molecule has 3 aromatic rings. The molecular formula is C35H43FN8O4. The number of amides is 1. The van der Waals surface area contributed by atoms with Gasteiger partial charge in [0.25, 0.3) is 0 Å². The van der Waals surface area contributed by atoms with Crippen molar-refractivity contribution in [1.82, 2.24) is 19.8 Å². The van der Waals surface area contributed by atoms with Gasteiger partial charge in [0.2, 0.25) is 5.91 Å². The number of hydroxylamine groups is 1. The van der Waals surface area contributed by atoms with Gasteiger partial charge in [-0.3, -0.25) is 19.4 Å². The van der Waals surface area contributed by atoms with Crippen LogP contribution in [0, 0.1) is 5.82 Å². The maximum absolute atomic E-state index is 13.6. The number of carbonyl (C=O) groups excluding carboxylic acids is 1. The van der Waals surface area contributed by atoms with Gasteiger partial charge in [-0.15, -0.1) is 0 Å². The molecule has 4 fully saturated rings. The number of piperidine rings is 1. The number of nitrogens with zero attached hydrogens (tertiary/aromatic N) is 6. The zero-order valence-corrected chi connectivity index (χ0v) is 27.3. The molecule has 4 saturated heterocycles. The highest BCUT2D eigenvalue weighted by Gasteiger charge is 2.33. The first-order valence-electron chi connectivity index (χ1n) is 16.7. The van der Waals surface area contributed by atoms with Gasteiger partial charge in [-0.05, 0) is 42.7 Å². The highest BCUT2D eigenvalue weighted by Crippen LogP contribution is 2.40. The van der Waals surface area contributed by atoms with E-state index in [9.17, 15) is 9.18 Å². The Morgan fingerprint density at radius 1 is 0.958 bits per heavy atom. The molecule has 7 rings (SSSR count). The van der Waals surface area contributed by atoms with E-state index in [1.54, 1.807) is 30.4 Å². The number of benzene rings is 2. The first-order chi connectivity index (χ1) is 23.5. The zero-order valence-electron chi connectivity index (χ0n) is 27.3. The molecule has 2 N–H and O–H groups in total. The molecule has 2 aromatic carbocycles. The highest BCUT2D eigenvalue weighted by molar-refractivity contribution is 6.02. The summed E-state index contributed by atoms with van der Waals surface area (Å²) in [4.78, 5) is 35.0. The van der Waals surface area contributed by atoms with Gasteiger partial charge < -0.3 is 25.0 Å². The number of ether oxygens (including phenoxy) is 2. The van der Waals surface area contributed by atoms with Crippen molar-refractivity contribution in [2.75, 3.05) is 86.8 Å². The number of halogens is 1. The fourth-order valence-electron chi connectivity index (χ4n) is 7.11. The van der Waals surface area contributed by atoms with E-state index >= 15 is 0 Å². The molecule has 1 atom stereocenters.